The molecule has 0 spiro atoms. The average Bonchev–Trinajstić information content (AvgIpc) is 2.99. The molecule has 1 aliphatic rings. The molecule has 2 aromatic carbocycles. The number of hydrogen-bond donors (Lipinski definition) is 1. The summed E-state index contributed by atoms with van der Waals surface area (Å²) in [4.78, 5) is 26.6. The molecule has 0 saturated carbocycles. The van der Waals surface area contributed by atoms with Crippen LogP contribution in [0.1, 0.15) is 17.5 Å². The second-order valence-corrected chi connectivity index (χ2v) is 6.66. The first-order valence-electron chi connectivity index (χ1n) is 8.68. The first-order valence-corrected chi connectivity index (χ1v) is 8.68. The highest BCUT2D eigenvalue weighted by molar-refractivity contribution is 6.04. The van der Waals surface area contributed by atoms with Gasteiger partial charge in [-0.1, -0.05) is 24.3 Å². The molecule has 1 saturated heterocycles. The maximum Gasteiger partial charge on any atom is 0.573 e. The number of para-hydroxylation sites is 2. The van der Waals surface area contributed by atoms with Gasteiger partial charge in [0.25, 0.3) is 0 Å². The van der Waals surface area contributed by atoms with Crippen LogP contribution in [0.15, 0.2) is 42.5 Å². The van der Waals surface area contributed by atoms with Crippen LogP contribution < -0.4 is 15.0 Å². The Hall–Kier alpha value is -3.03. The Morgan fingerprint density at radius 1 is 1.14 bits per heavy atom. The maximum absolute atomic E-state index is 12.6. The summed E-state index contributed by atoms with van der Waals surface area (Å²) < 4.78 is 41.5. The fourth-order valence-corrected chi connectivity index (χ4v) is 3.16. The lowest BCUT2D eigenvalue weighted by molar-refractivity contribution is -0.274. The number of anilines is 2. The Morgan fingerprint density at radius 3 is 2.57 bits per heavy atom. The minimum absolute atomic E-state index is 0.0124. The van der Waals surface area contributed by atoms with Crippen molar-refractivity contribution in [2.24, 2.45) is 5.92 Å². The number of nitrogens with zero attached hydrogens (tertiary/aromatic N) is 1. The Kier molecular flexibility index (Phi) is 5.31. The van der Waals surface area contributed by atoms with Crippen molar-refractivity contribution in [3.05, 3.63) is 53.6 Å². The summed E-state index contributed by atoms with van der Waals surface area (Å²) in [5.41, 5.74) is 2.61. The lowest BCUT2D eigenvalue weighted by Crippen LogP contribution is -2.29. The minimum Gasteiger partial charge on any atom is -0.404 e. The molecule has 0 bridgehead atoms. The molecular weight excluding hydrogens is 373 g/mol. The van der Waals surface area contributed by atoms with Gasteiger partial charge in [-0.05, 0) is 43.2 Å². The van der Waals surface area contributed by atoms with E-state index in [0.717, 1.165) is 22.9 Å². The van der Waals surface area contributed by atoms with E-state index in [1.165, 1.54) is 18.2 Å². The highest BCUT2D eigenvalue weighted by Gasteiger charge is 2.37. The van der Waals surface area contributed by atoms with Gasteiger partial charge in [0, 0.05) is 18.7 Å². The zero-order valence-electron chi connectivity index (χ0n) is 15.3. The average molecular weight is 392 g/mol. The minimum atomic E-state index is -4.87. The van der Waals surface area contributed by atoms with Crippen molar-refractivity contribution < 1.29 is 27.5 Å². The topological polar surface area (TPSA) is 58.6 Å². The molecule has 2 amide bonds. The first kappa shape index (κ1) is 19.7. The number of benzene rings is 2. The van der Waals surface area contributed by atoms with Gasteiger partial charge in [0.05, 0.1) is 11.6 Å². The highest BCUT2D eigenvalue weighted by atomic mass is 19.4. The van der Waals surface area contributed by atoms with Gasteiger partial charge in [-0.25, -0.2) is 0 Å². The Balaban J connectivity index is 1.75. The van der Waals surface area contributed by atoms with Gasteiger partial charge >= 0.3 is 6.36 Å². The van der Waals surface area contributed by atoms with Crippen LogP contribution in [0.25, 0.3) is 0 Å². The SMILES string of the molecule is Cc1cccc(N2CC(C(=O)Nc3ccccc3OC(F)(F)F)CC2=O)c1C. The molecule has 28 heavy (non-hydrogen) atoms. The molecule has 1 fully saturated rings. The molecule has 1 unspecified atom stereocenters. The standard InChI is InChI=1S/C20H19F3N2O3/c1-12-6-5-8-16(13(12)2)25-11-14(10-18(25)26)19(27)24-15-7-3-4-9-17(15)28-20(21,22)23/h3-9,14H,10-11H2,1-2H3,(H,24,27). The third-order valence-electron chi connectivity index (χ3n) is 4.73. The lowest BCUT2D eigenvalue weighted by Gasteiger charge is -2.20. The number of halogens is 3. The van der Waals surface area contributed by atoms with E-state index in [4.69, 9.17) is 0 Å². The zero-order valence-corrected chi connectivity index (χ0v) is 15.3. The number of hydrogen-bond acceptors (Lipinski definition) is 3. The zero-order chi connectivity index (χ0) is 20.5. The molecule has 8 heteroatoms. The number of ether oxygens (including phenoxy) is 1. The number of aryl methyl sites for hydroxylation is 1. The predicted octanol–water partition coefficient (Wildman–Crippen LogP) is 4.19. The number of alkyl halides is 3. The summed E-state index contributed by atoms with van der Waals surface area (Å²) in [5.74, 6) is -1.90. The maximum atomic E-state index is 12.6. The molecule has 0 aliphatic carbocycles. The quantitative estimate of drug-likeness (QED) is 0.849. The predicted molar refractivity (Wildman–Crippen MR) is 98.1 cm³/mol. The molecule has 3 rings (SSSR count). The van der Waals surface area contributed by atoms with Gasteiger partial charge in [0.2, 0.25) is 11.8 Å². The number of nitrogens with one attached hydrogen (secondary N) is 1. The van der Waals surface area contributed by atoms with Crippen molar-refractivity contribution in [3.63, 3.8) is 0 Å². The fourth-order valence-electron chi connectivity index (χ4n) is 3.16. The van der Waals surface area contributed by atoms with Crippen LogP contribution in [0.5, 0.6) is 5.75 Å². The van der Waals surface area contributed by atoms with Crippen molar-refractivity contribution in [1.82, 2.24) is 0 Å². The second-order valence-electron chi connectivity index (χ2n) is 6.66. The van der Waals surface area contributed by atoms with Crippen LogP contribution in [-0.4, -0.2) is 24.7 Å². The highest BCUT2D eigenvalue weighted by Crippen LogP contribution is 2.32. The summed E-state index contributed by atoms with van der Waals surface area (Å²) in [6, 6.07) is 10.9. The van der Waals surface area contributed by atoms with E-state index in [2.05, 4.69) is 10.1 Å². The van der Waals surface area contributed by atoms with E-state index in [1.807, 2.05) is 32.0 Å². The van der Waals surface area contributed by atoms with Crippen molar-refractivity contribution in [2.75, 3.05) is 16.8 Å². The van der Waals surface area contributed by atoms with Crippen molar-refractivity contribution >= 4 is 23.2 Å². The second kappa shape index (κ2) is 7.53. The van der Waals surface area contributed by atoms with Crippen LogP contribution in [0.3, 0.4) is 0 Å². The Bertz CT molecular complexity index is 912. The van der Waals surface area contributed by atoms with Gasteiger partial charge < -0.3 is 15.0 Å². The summed E-state index contributed by atoms with van der Waals surface area (Å²) in [5, 5.41) is 2.45. The van der Waals surface area contributed by atoms with Crippen molar-refractivity contribution in [2.45, 2.75) is 26.6 Å². The van der Waals surface area contributed by atoms with Crippen LogP contribution >= 0.6 is 0 Å². The molecule has 1 heterocycles. The van der Waals surface area contributed by atoms with E-state index in [-0.39, 0.29) is 24.6 Å². The van der Waals surface area contributed by atoms with Crippen molar-refractivity contribution in [3.8, 4) is 5.75 Å². The summed E-state index contributed by atoms with van der Waals surface area (Å²) in [6.45, 7) is 3.99. The fraction of sp³-hybridized carbons (Fsp3) is 0.300. The molecule has 148 valence electrons. The third kappa shape index (κ3) is 4.27. The molecule has 1 atom stereocenters. The molecule has 0 radical (unpaired) electrons. The van der Waals surface area contributed by atoms with Gasteiger partial charge in [-0.15, -0.1) is 13.2 Å². The number of amides is 2. The molecule has 1 aliphatic heterocycles. The molecule has 0 aromatic heterocycles. The number of rotatable bonds is 4. The van der Waals surface area contributed by atoms with E-state index in [0.29, 0.717) is 0 Å². The largest absolute Gasteiger partial charge is 0.573 e. The first-order chi connectivity index (χ1) is 13.2. The van der Waals surface area contributed by atoms with Gasteiger partial charge in [0.15, 0.2) is 5.75 Å². The number of carbonyl (C=O) groups is 2. The molecule has 5 nitrogen and oxygen atoms in total. The van der Waals surface area contributed by atoms with Crippen molar-refractivity contribution in [1.29, 1.82) is 0 Å². The molecule has 2 aromatic rings. The Labute approximate surface area is 160 Å². The normalized spacial score (nSPS) is 17.0. The smallest absolute Gasteiger partial charge is 0.404 e. The number of carbonyl (C=O) groups excluding carboxylic acids is 2. The molecule has 1 N–H and O–H groups in total. The third-order valence-corrected chi connectivity index (χ3v) is 4.73. The van der Waals surface area contributed by atoms with E-state index < -0.39 is 23.9 Å². The van der Waals surface area contributed by atoms with E-state index in [9.17, 15) is 22.8 Å². The Morgan fingerprint density at radius 2 is 1.86 bits per heavy atom. The van der Waals surface area contributed by atoms with Gasteiger partial charge in [-0.3, -0.25) is 9.59 Å². The summed E-state index contributed by atoms with van der Waals surface area (Å²) in [6.07, 6.45) is -4.88. The lowest BCUT2D eigenvalue weighted by atomic mass is 10.1. The van der Waals surface area contributed by atoms with E-state index in [1.54, 1.807) is 4.90 Å². The van der Waals surface area contributed by atoms with E-state index >= 15 is 0 Å². The monoisotopic (exact) mass is 392 g/mol. The molecular formula is C20H19F3N2O3. The van der Waals surface area contributed by atoms with Gasteiger partial charge in [-0.2, -0.15) is 0 Å². The summed E-state index contributed by atoms with van der Waals surface area (Å²) >= 11 is 0. The van der Waals surface area contributed by atoms with Crippen LogP contribution in [-0.2, 0) is 9.59 Å². The van der Waals surface area contributed by atoms with Crippen LogP contribution in [0.4, 0.5) is 24.5 Å². The summed E-state index contributed by atoms with van der Waals surface area (Å²) in [7, 11) is 0. The van der Waals surface area contributed by atoms with Gasteiger partial charge in [0.1, 0.15) is 0 Å². The van der Waals surface area contributed by atoms with Crippen LogP contribution in [0, 0.1) is 19.8 Å². The van der Waals surface area contributed by atoms with Crippen LogP contribution in [0.2, 0.25) is 0 Å².